The number of carbonyl (C=O) groups is 2. The second kappa shape index (κ2) is 5.90. The number of amides is 1. The lowest BCUT2D eigenvalue weighted by Gasteiger charge is -2.11. The van der Waals surface area contributed by atoms with E-state index in [9.17, 15) is 19.8 Å². The van der Waals surface area contributed by atoms with Crippen molar-refractivity contribution in [2.45, 2.75) is 13.3 Å². The summed E-state index contributed by atoms with van der Waals surface area (Å²) in [6, 6.07) is 3.62. The van der Waals surface area contributed by atoms with Gasteiger partial charge in [0.05, 0.1) is 5.56 Å². The molecule has 98 valence electrons. The van der Waals surface area contributed by atoms with Crippen LogP contribution in [0.2, 0.25) is 0 Å². The van der Waals surface area contributed by atoms with E-state index in [-0.39, 0.29) is 35.9 Å². The normalized spacial score (nSPS) is 11.8. The van der Waals surface area contributed by atoms with E-state index in [1.54, 1.807) is 6.92 Å². The van der Waals surface area contributed by atoms with Crippen LogP contribution in [0.5, 0.6) is 11.5 Å². The summed E-state index contributed by atoms with van der Waals surface area (Å²) in [5.74, 6) is -2.07. The number of aliphatic carboxylic acids is 1. The van der Waals surface area contributed by atoms with Gasteiger partial charge in [-0.3, -0.25) is 9.59 Å². The molecule has 6 nitrogen and oxygen atoms in total. The first kappa shape index (κ1) is 13.8. The van der Waals surface area contributed by atoms with Crippen molar-refractivity contribution in [2.24, 2.45) is 5.92 Å². The third kappa shape index (κ3) is 3.97. The highest BCUT2D eigenvalue weighted by Gasteiger charge is 2.14. The van der Waals surface area contributed by atoms with Crippen molar-refractivity contribution in [3.63, 3.8) is 0 Å². The van der Waals surface area contributed by atoms with Gasteiger partial charge < -0.3 is 20.6 Å². The smallest absolute Gasteiger partial charge is 0.303 e. The number of rotatable bonds is 5. The lowest BCUT2D eigenvalue weighted by atomic mass is 10.1. The maximum atomic E-state index is 11.7. The van der Waals surface area contributed by atoms with E-state index in [4.69, 9.17) is 5.11 Å². The number of carboxylic acids is 1. The van der Waals surface area contributed by atoms with Crippen LogP contribution in [-0.2, 0) is 4.79 Å². The summed E-state index contributed by atoms with van der Waals surface area (Å²) >= 11 is 0. The third-order valence-corrected chi connectivity index (χ3v) is 2.36. The molecule has 6 heteroatoms. The van der Waals surface area contributed by atoms with Crippen molar-refractivity contribution in [3.05, 3.63) is 23.8 Å². The van der Waals surface area contributed by atoms with Gasteiger partial charge in [-0.25, -0.2) is 0 Å². The van der Waals surface area contributed by atoms with Crippen LogP contribution in [0.25, 0.3) is 0 Å². The first-order valence-electron chi connectivity index (χ1n) is 5.42. The number of phenolic OH excluding ortho intramolecular Hbond substituents is 2. The minimum absolute atomic E-state index is 0.0440. The second-order valence-corrected chi connectivity index (χ2v) is 4.11. The van der Waals surface area contributed by atoms with Crippen molar-refractivity contribution >= 4 is 11.9 Å². The molecule has 0 aromatic heterocycles. The van der Waals surface area contributed by atoms with E-state index >= 15 is 0 Å². The molecule has 0 aliphatic rings. The van der Waals surface area contributed by atoms with E-state index in [1.807, 2.05) is 0 Å². The zero-order valence-electron chi connectivity index (χ0n) is 9.88. The highest BCUT2D eigenvalue weighted by molar-refractivity contribution is 5.97. The van der Waals surface area contributed by atoms with Gasteiger partial charge >= 0.3 is 5.97 Å². The quantitative estimate of drug-likeness (QED) is 0.584. The summed E-state index contributed by atoms with van der Waals surface area (Å²) in [7, 11) is 0. The molecule has 0 aliphatic carbocycles. The molecule has 18 heavy (non-hydrogen) atoms. The molecule has 0 heterocycles. The molecule has 1 amide bonds. The van der Waals surface area contributed by atoms with Gasteiger partial charge in [0.2, 0.25) is 0 Å². The Labute approximate surface area is 104 Å². The average molecular weight is 253 g/mol. The molecule has 0 fully saturated rings. The Balaban J connectivity index is 2.60. The first-order valence-corrected chi connectivity index (χ1v) is 5.42. The maximum absolute atomic E-state index is 11.7. The molecule has 1 aromatic carbocycles. The number of hydrogen-bond donors (Lipinski definition) is 4. The van der Waals surface area contributed by atoms with Crippen LogP contribution in [0, 0.1) is 5.92 Å². The molecule has 0 saturated heterocycles. The van der Waals surface area contributed by atoms with Crippen LogP contribution < -0.4 is 5.32 Å². The Morgan fingerprint density at radius 1 is 1.33 bits per heavy atom. The first-order chi connectivity index (χ1) is 8.40. The van der Waals surface area contributed by atoms with Crippen molar-refractivity contribution in [3.8, 4) is 11.5 Å². The summed E-state index contributed by atoms with van der Waals surface area (Å²) in [5.41, 5.74) is -0.0440. The Morgan fingerprint density at radius 3 is 2.61 bits per heavy atom. The maximum Gasteiger partial charge on any atom is 0.303 e. The standard InChI is InChI=1S/C12H15NO5/c1-7(4-11(16)17)6-13-12(18)9-5-8(14)2-3-10(9)15/h2-3,5,7,14-15H,4,6H2,1H3,(H,13,18)(H,16,17). The lowest BCUT2D eigenvalue weighted by molar-refractivity contribution is -0.137. The van der Waals surface area contributed by atoms with Crippen LogP contribution in [0.15, 0.2) is 18.2 Å². The Morgan fingerprint density at radius 2 is 2.00 bits per heavy atom. The van der Waals surface area contributed by atoms with Crippen LogP contribution in [0.4, 0.5) is 0 Å². The van der Waals surface area contributed by atoms with Crippen molar-refractivity contribution in [1.82, 2.24) is 5.32 Å². The van der Waals surface area contributed by atoms with Gasteiger partial charge in [0.25, 0.3) is 5.91 Å². The fourth-order valence-corrected chi connectivity index (χ4v) is 1.44. The largest absolute Gasteiger partial charge is 0.508 e. The summed E-state index contributed by atoms with van der Waals surface area (Å²) in [5, 5.41) is 29.7. The van der Waals surface area contributed by atoms with E-state index in [0.29, 0.717) is 0 Å². The van der Waals surface area contributed by atoms with Gasteiger partial charge in [-0.1, -0.05) is 6.92 Å². The highest BCUT2D eigenvalue weighted by atomic mass is 16.4. The molecule has 1 atom stereocenters. The zero-order chi connectivity index (χ0) is 13.7. The molecule has 0 bridgehead atoms. The van der Waals surface area contributed by atoms with Gasteiger partial charge in [0.15, 0.2) is 0 Å². The van der Waals surface area contributed by atoms with Gasteiger partial charge in [-0.05, 0) is 24.1 Å². The molecule has 0 saturated carbocycles. The van der Waals surface area contributed by atoms with Crippen LogP contribution in [0.3, 0.4) is 0 Å². The van der Waals surface area contributed by atoms with Crippen molar-refractivity contribution in [1.29, 1.82) is 0 Å². The van der Waals surface area contributed by atoms with Gasteiger partial charge in [-0.2, -0.15) is 0 Å². The number of aromatic hydroxyl groups is 2. The minimum Gasteiger partial charge on any atom is -0.508 e. The SMILES string of the molecule is CC(CNC(=O)c1cc(O)ccc1O)CC(=O)O. The molecule has 0 aliphatic heterocycles. The summed E-state index contributed by atoms with van der Waals surface area (Å²) in [4.78, 5) is 22.1. The predicted octanol–water partition coefficient (Wildman–Crippen LogP) is 0.938. The van der Waals surface area contributed by atoms with E-state index in [1.165, 1.54) is 12.1 Å². The van der Waals surface area contributed by atoms with Crippen LogP contribution in [0.1, 0.15) is 23.7 Å². The number of phenols is 2. The Hall–Kier alpha value is -2.24. The molecular weight excluding hydrogens is 238 g/mol. The fraction of sp³-hybridized carbons (Fsp3) is 0.333. The highest BCUT2D eigenvalue weighted by Crippen LogP contribution is 2.21. The topological polar surface area (TPSA) is 107 Å². The van der Waals surface area contributed by atoms with Crippen molar-refractivity contribution < 1.29 is 24.9 Å². The number of hydrogen-bond acceptors (Lipinski definition) is 4. The molecular formula is C12H15NO5. The number of benzene rings is 1. The monoisotopic (exact) mass is 253 g/mol. The molecule has 0 radical (unpaired) electrons. The average Bonchev–Trinajstić information content (AvgIpc) is 2.28. The molecule has 1 rings (SSSR count). The van der Waals surface area contributed by atoms with E-state index in [0.717, 1.165) is 6.07 Å². The third-order valence-electron chi connectivity index (χ3n) is 2.36. The molecule has 4 N–H and O–H groups in total. The van der Waals surface area contributed by atoms with Crippen LogP contribution >= 0.6 is 0 Å². The van der Waals surface area contributed by atoms with Gasteiger partial charge in [0.1, 0.15) is 11.5 Å². The van der Waals surface area contributed by atoms with E-state index < -0.39 is 11.9 Å². The number of carbonyl (C=O) groups excluding carboxylic acids is 1. The number of nitrogens with one attached hydrogen (secondary N) is 1. The van der Waals surface area contributed by atoms with Gasteiger partial charge in [0, 0.05) is 13.0 Å². The zero-order valence-corrected chi connectivity index (χ0v) is 9.88. The van der Waals surface area contributed by atoms with Crippen molar-refractivity contribution in [2.75, 3.05) is 6.54 Å². The predicted molar refractivity (Wildman–Crippen MR) is 63.5 cm³/mol. The molecule has 1 aromatic rings. The Bertz CT molecular complexity index is 458. The van der Waals surface area contributed by atoms with Crippen LogP contribution in [-0.4, -0.2) is 33.7 Å². The fourth-order valence-electron chi connectivity index (χ4n) is 1.44. The van der Waals surface area contributed by atoms with E-state index in [2.05, 4.69) is 5.32 Å². The molecule has 1 unspecified atom stereocenters. The summed E-state index contributed by atoms with van der Waals surface area (Å²) in [6.45, 7) is 1.87. The summed E-state index contributed by atoms with van der Waals surface area (Å²) < 4.78 is 0. The molecule has 0 spiro atoms. The lowest BCUT2D eigenvalue weighted by Crippen LogP contribution is -2.29. The summed E-state index contributed by atoms with van der Waals surface area (Å²) in [6.07, 6.45) is -0.0493. The van der Waals surface area contributed by atoms with Gasteiger partial charge in [-0.15, -0.1) is 0 Å². The second-order valence-electron chi connectivity index (χ2n) is 4.11. The Kier molecular flexibility index (Phi) is 4.53. The number of carboxylic acid groups (broad SMARTS) is 1. The minimum atomic E-state index is -0.933.